The number of fused-ring (bicyclic) bond motifs is 2. The molecule has 140 valence electrons. The molecule has 0 radical (unpaired) electrons. The zero-order chi connectivity index (χ0) is 19.0. The predicted octanol–water partition coefficient (Wildman–Crippen LogP) is 3.00. The second-order valence-electron chi connectivity index (χ2n) is 5.96. The van der Waals surface area contributed by atoms with Crippen LogP contribution in [-0.2, 0) is 21.1 Å². The van der Waals surface area contributed by atoms with E-state index >= 15 is 0 Å². The minimum atomic E-state index is -3.24. The van der Waals surface area contributed by atoms with Crippen LogP contribution in [0.2, 0.25) is 0 Å². The van der Waals surface area contributed by atoms with E-state index in [0.717, 1.165) is 15.8 Å². The zero-order valence-corrected chi connectivity index (χ0v) is 16.0. The Kier molecular flexibility index (Phi) is 4.48. The Morgan fingerprint density at radius 3 is 2.59 bits per heavy atom. The molecule has 1 N–H and O–H groups in total. The van der Waals surface area contributed by atoms with Crippen molar-refractivity contribution in [1.82, 2.24) is 4.98 Å². The van der Waals surface area contributed by atoms with Gasteiger partial charge in [-0.3, -0.25) is 4.79 Å². The molecule has 1 aliphatic heterocycles. The van der Waals surface area contributed by atoms with Gasteiger partial charge in [-0.05, 0) is 17.7 Å². The fourth-order valence-electron chi connectivity index (χ4n) is 2.70. The maximum atomic E-state index is 12.3. The number of carbonyl (C=O) groups is 1. The fourth-order valence-corrected chi connectivity index (χ4v) is 4.48. The van der Waals surface area contributed by atoms with Crippen LogP contribution in [0.25, 0.3) is 10.2 Å². The Morgan fingerprint density at radius 2 is 1.89 bits per heavy atom. The van der Waals surface area contributed by atoms with E-state index in [0.29, 0.717) is 16.6 Å². The fraction of sp³-hybridized carbons (Fsp3) is 0.222. The van der Waals surface area contributed by atoms with E-state index in [-0.39, 0.29) is 29.8 Å². The second-order valence-corrected chi connectivity index (χ2v) is 9.27. The van der Waals surface area contributed by atoms with Crippen molar-refractivity contribution in [2.24, 2.45) is 0 Å². The third kappa shape index (κ3) is 3.60. The number of hydrogen-bond donors (Lipinski definition) is 1. The lowest BCUT2D eigenvalue weighted by Crippen LogP contribution is -2.14. The number of ether oxygens (including phenoxy) is 2. The van der Waals surface area contributed by atoms with Crippen LogP contribution in [0, 0.1) is 0 Å². The Balaban J connectivity index is 1.46. The minimum Gasteiger partial charge on any atom is -0.454 e. The van der Waals surface area contributed by atoms with Crippen LogP contribution >= 0.6 is 11.3 Å². The monoisotopic (exact) mass is 404 g/mol. The average Bonchev–Trinajstić information content (AvgIpc) is 3.25. The smallest absolute Gasteiger partial charge is 0.231 e. The number of aromatic nitrogens is 1. The van der Waals surface area contributed by atoms with Crippen molar-refractivity contribution in [3.8, 4) is 11.5 Å². The highest BCUT2D eigenvalue weighted by Crippen LogP contribution is 2.38. The van der Waals surface area contributed by atoms with Crippen LogP contribution < -0.4 is 14.8 Å². The molecule has 9 heteroatoms. The Labute approximate surface area is 159 Å². The van der Waals surface area contributed by atoms with Crippen molar-refractivity contribution >= 4 is 42.4 Å². The van der Waals surface area contributed by atoms with Crippen molar-refractivity contribution in [2.75, 3.05) is 17.9 Å². The Morgan fingerprint density at radius 1 is 1.19 bits per heavy atom. The normalized spacial score (nSPS) is 13.1. The van der Waals surface area contributed by atoms with Crippen molar-refractivity contribution < 1.29 is 22.7 Å². The van der Waals surface area contributed by atoms with E-state index in [1.807, 2.05) is 6.07 Å². The van der Waals surface area contributed by atoms with Crippen LogP contribution in [0.5, 0.6) is 11.5 Å². The van der Waals surface area contributed by atoms with Crippen molar-refractivity contribution in [1.29, 1.82) is 0 Å². The predicted molar refractivity (Wildman–Crippen MR) is 102 cm³/mol. The number of amides is 1. The maximum Gasteiger partial charge on any atom is 0.231 e. The lowest BCUT2D eigenvalue weighted by Gasteiger charge is -2.04. The molecule has 27 heavy (non-hydrogen) atoms. The minimum absolute atomic E-state index is 0.0456. The van der Waals surface area contributed by atoms with Gasteiger partial charge in [0, 0.05) is 12.1 Å². The van der Waals surface area contributed by atoms with E-state index < -0.39 is 9.84 Å². The summed E-state index contributed by atoms with van der Waals surface area (Å²) in [6.07, 6.45) is 0.130. The highest BCUT2D eigenvalue weighted by atomic mass is 32.2. The van der Waals surface area contributed by atoms with Gasteiger partial charge < -0.3 is 14.8 Å². The van der Waals surface area contributed by atoms with E-state index in [1.54, 1.807) is 25.1 Å². The summed E-state index contributed by atoms with van der Waals surface area (Å²) in [5.74, 6) is 1.14. The van der Waals surface area contributed by atoms with Gasteiger partial charge in [0.15, 0.2) is 26.5 Å². The molecule has 0 spiro atoms. The molecule has 0 fully saturated rings. The summed E-state index contributed by atoms with van der Waals surface area (Å²) in [5.41, 5.74) is 1.46. The molecule has 0 saturated heterocycles. The second kappa shape index (κ2) is 6.82. The number of carbonyl (C=O) groups excluding carboxylic acids is 1. The Hall–Kier alpha value is -2.65. The van der Waals surface area contributed by atoms with Crippen LogP contribution in [-0.4, -0.2) is 31.9 Å². The van der Waals surface area contributed by atoms with E-state index in [9.17, 15) is 13.2 Å². The van der Waals surface area contributed by atoms with Crippen LogP contribution in [0.1, 0.15) is 12.5 Å². The van der Waals surface area contributed by atoms with Crippen LogP contribution in [0.15, 0.2) is 41.3 Å². The zero-order valence-electron chi connectivity index (χ0n) is 14.4. The van der Waals surface area contributed by atoms with Gasteiger partial charge in [-0.2, -0.15) is 0 Å². The molecule has 0 aliphatic carbocycles. The molecule has 1 aromatic heterocycles. The molecular formula is C18H16N2O5S2. The van der Waals surface area contributed by atoms with Crippen molar-refractivity contribution in [2.45, 2.75) is 18.2 Å². The molecule has 0 bridgehead atoms. The third-order valence-electron chi connectivity index (χ3n) is 4.16. The molecular weight excluding hydrogens is 388 g/mol. The van der Waals surface area contributed by atoms with Gasteiger partial charge in [0.2, 0.25) is 12.7 Å². The lowest BCUT2D eigenvalue weighted by atomic mass is 10.1. The summed E-state index contributed by atoms with van der Waals surface area (Å²) in [6, 6.07) is 10.00. The molecule has 1 aliphatic rings. The number of benzene rings is 2. The first kappa shape index (κ1) is 17.7. The van der Waals surface area contributed by atoms with Gasteiger partial charge >= 0.3 is 0 Å². The molecule has 3 aromatic rings. The number of sulfone groups is 1. The number of nitrogens with one attached hydrogen (secondary N) is 1. The Bertz CT molecular complexity index is 1080. The summed E-state index contributed by atoms with van der Waals surface area (Å²) >= 11 is 1.35. The third-order valence-corrected chi connectivity index (χ3v) is 6.84. The number of nitrogens with zero attached hydrogens (tertiary/aromatic N) is 1. The summed E-state index contributed by atoms with van der Waals surface area (Å²) in [7, 11) is -3.24. The highest BCUT2D eigenvalue weighted by Gasteiger charge is 2.17. The summed E-state index contributed by atoms with van der Waals surface area (Å²) in [6.45, 7) is 1.80. The van der Waals surface area contributed by atoms with E-state index in [4.69, 9.17) is 9.47 Å². The standard InChI is InChI=1S/C18H16N2O5S2/c1-2-27(22,23)12-5-3-11(4-6-12)7-17(21)20-18-19-13-8-14-15(25-10-24-14)9-16(13)26-18/h3-6,8-9H,2,7,10H2,1H3,(H,19,20,21). The molecule has 2 aromatic carbocycles. The molecule has 1 amide bonds. The lowest BCUT2D eigenvalue weighted by molar-refractivity contribution is -0.115. The number of anilines is 1. The number of rotatable bonds is 5. The van der Waals surface area contributed by atoms with Gasteiger partial charge in [0.1, 0.15) is 0 Å². The van der Waals surface area contributed by atoms with Gasteiger partial charge in [-0.1, -0.05) is 30.4 Å². The average molecular weight is 404 g/mol. The summed E-state index contributed by atoms with van der Waals surface area (Å²) in [4.78, 5) is 16.9. The van der Waals surface area contributed by atoms with Gasteiger partial charge in [0.05, 0.1) is 27.3 Å². The molecule has 7 nitrogen and oxygen atoms in total. The topological polar surface area (TPSA) is 94.6 Å². The van der Waals surface area contributed by atoms with Crippen LogP contribution in [0.4, 0.5) is 5.13 Å². The van der Waals surface area contributed by atoms with Crippen LogP contribution in [0.3, 0.4) is 0 Å². The van der Waals surface area contributed by atoms with Gasteiger partial charge in [-0.25, -0.2) is 13.4 Å². The molecule has 0 saturated carbocycles. The molecule has 0 unspecified atom stereocenters. The number of thiazole rings is 1. The first-order valence-corrected chi connectivity index (χ1v) is 10.7. The maximum absolute atomic E-state index is 12.3. The van der Waals surface area contributed by atoms with E-state index in [1.165, 1.54) is 23.5 Å². The summed E-state index contributed by atoms with van der Waals surface area (Å²) in [5, 5.41) is 3.27. The molecule has 2 heterocycles. The summed E-state index contributed by atoms with van der Waals surface area (Å²) < 4.78 is 35.2. The SMILES string of the molecule is CCS(=O)(=O)c1ccc(CC(=O)Nc2nc3cc4c(cc3s2)OCO4)cc1. The van der Waals surface area contributed by atoms with Gasteiger partial charge in [0.25, 0.3) is 0 Å². The van der Waals surface area contributed by atoms with Crippen molar-refractivity contribution in [3.05, 3.63) is 42.0 Å². The first-order chi connectivity index (χ1) is 12.9. The highest BCUT2D eigenvalue weighted by molar-refractivity contribution is 7.91. The largest absolute Gasteiger partial charge is 0.454 e. The number of hydrogen-bond acceptors (Lipinski definition) is 7. The molecule has 0 atom stereocenters. The van der Waals surface area contributed by atoms with E-state index in [2.05, 4.69) is 10.3 Å². The van der Waals surface area contributed by atoms with Crippen molar-refractivity contribution in [3.63, 3.8) is 0 Å². The van der Waals surface area contributed by atoms with Gasteiger partial charge in [-0.15, -0.1) is 0 Å². The quantitative estimate of drug-likeness (QED) is 0.702. The molecule has 4 rings (SSSR count). The first-order valence-electron chi connectivity index (χ1n) is 8.26.